The first-order chi connectivity index (χ1) is 36.9. The van der Waals surface area contributed by atoms with Crippen molar-refractivity contribution in [2.45, 2.75) is 281 Å². The number of fused-ring (bicyclic) bond motifs is 10. The van der Waals surface area contributed by atoms with Crippen LogP contribution in [0.4, 0.5) is 0 Å². The fourth-order valence-electron chi connectivity index (χ4n) is 15.3. The zero-order chi connectivity index (χ0) is 56.6. The Morgan fingerprint density at radius 2 is 1.27 bits per heavy atom. The van der Waals surface area contributed by atoms with Crippen LogP contribution in [0.2, 0.25) is 0 Å². The molecule has 0 radical (unpaired) electrons. The molecule has 0 bridgehead atoms. The number of hydrogen-bond donors (Lipinski definition) is 5. The maximum absolute atomic E-state index is 12.3. The summed E-state index contributed by atoms with van der Waals surface area (Å²) in [6.45, 7) is 22.7. The second kappa shape index (κ2) is 21.3. The molecule has 11 saturated heterocycles. The Kier molecular flexibility index (Phi) is 15.9. The molecular weight excluding hydrogens is 1080 g/mol. The van der Waals surface area contributed by atoms with E-state index in [1.54, 1.807) is 19.1 Å². The minimum atomic E-state index is -4.95. The summed E-state index contributed by atoms with van der Waals surface area (Å²) < 4.78 is 151. The SMILES string of the molecule is C=C[C@H](O)C(=C)/C=C\[C@](C)(O)[C@H]1O[C@@H]2C[C@@H]3O[C@H]4C[C@H]5O[C@@H]6C[C@@H]7O[C@@H]8C[C@@H]9O[C@@H]%10C[C@@H]%11O[C@](C)(CCOS(=O)(=O)O)[C@H](OS(=O)(=O)O)C[C@@H]%11O[C@@H]%10C[C@@H]9O[C@@H]8CC[C@]7(C)O[C@@]6(C)CC[C@H](C)[C@H]5O[C@@H]4[C@H](O)[C@@]3(C)O[C@@H]2CC1=C. The molecule has 5 N–H and O–H groups in total. The molecule has 79 heavy (non-hydrogen) atoms. The zero-order valence-electron chi connectivity index (χ0n) is 45.9. The summed E-state index contributed by atoms with van der Waals surface area (Å²) in [5.41, 5.74) is -4.40. The molecule has 27 atom stereocenters. The van der Waals surface area contributed by atoms with E-state index in [9.17, 15) is 36.7 Å². The molecule has 0 aliphatic carbocycles. The van der Waals surface area contributed by atoms with Gasteiger partial charge in [-0.1, -0.05) is 38.3 Å². The third-order valence-electron chi connectivity index (χ3n) is 19.8. The smallest absolute Gasteiger partial charge is 0.387 e. The first-order valence-corrected chi connectivity index (χ1v) is 31.0. The van der Waals surface area contributed by atoms with Gasteiger partial charge in [0.1, 0.15) is 35.6 Å². The van der Waals surface area contributed by atoms with Gasteiger partial charge in [0, 0.05) is 51.4 Å². The number of rotatable bonds is 11. The second-order valence-electron chi connectivity index (χ2n) is 25.6. The van der Waals surface area contributed by atoms with Gasteiger partial charge in [0.25, 0.3) is 0 Å². The summed E-state index contributed by atoms with van der Waals surface area (Å²) >= 11 is 0. The molecule has 0 aromatic carbocycles. The Morgan fingerprint density at radius 3 is 1.91 bits per heavy atom. The molecule has 11 aliphatic rings. The maximum atomic E-state index is 12.3. The lowest BCUT2D eigenvalue weighted by Gasteiger charge is -2.61. The second-order valence-corrected chi connectivity index (χ2v) is 27.8. The van der Waals surface area contributed by atoms with Gasteiger partial charge in [0.15, 0.2) is 0 Å². The molecule has 24 heteroatoms. The molecule has 0 unspecified atom stereocenters. The Bertz CT molecular complexity index is 2580. The van der Waals surface area contributed by atoms with Crippen LogP contribution in [0.3, 0.4) is 0 Å². The third-order valence-corrected chi connectivity index (χ3v) is 20.7. The average molecular weight is 1160 g/mol. The van der Waals surface area contributed by atoms with Crippen molar-refractivity contribution in [2.75, 3.05) is 6.61 Å². The van der Waals surface area contributed by atoms with Crippen molar-refractivity contribution in [3.63, 3.8) is 0 Å². The first kappa shape index (κ1) is 58.9. The van der Waals surface area contributed by atoms with Gasteiger partial charge in [-0.2, -0.15) is 16.8 Å². The highest BCUT2D eigenvalue weighted by Gasteiger charge is 2.65. The molecule has 0 amide bonds. The van der Waals surface area contributed by atoms with Crippen molar-refractivity contribution in [3.05, 3.63) is 49.1 Å². The molecule has 0 saturated carbocycles. The third kappa shape index (κ3) is 11.5. The van der Waals surface area contributed by atoms with Crippen molar-refractivity contribution >= 4 is 20.8 Å². The van der Waals surface area contributed by atoms with Crippen LogP contribution in [0.5, 0.6) is 0 Å². The highest BCUT2D eigenvalue weighted by atomic mass is 32.3. The summed E-state index contributed by atoms with van der Waals surface area (Å²) in [4.78, 5) is 0. The lowest BCUT2D eigenvalue weighted by molar-refractivity contribution is -0.369. The number of ether oxygens (including phenoxy) is 11. The van der Waals surface area contributed by atoms with Gasteiger partial charge in [-0.25, -0.2) is 8.37 Å². The largest absolute Gasteiger partial charge is 0.397 e. The fraction of sp³-hybridized carbons (Fsp3) is 0.855. The predicted octanol–water partition coefficient (Wildman–Crippen LogP) is 4.03. The molecule has 11 fully saturated rings. The highest BCUT2D eigenvalue weighted by molar-refractivity contribution is 7.81. The van der Waals surface area contributed by atoms with Crippen molar-refractivity contribution in [1.82, 2.24) is 0 Å². The van der Waals surface area contributed by atoms with Crippen LogP contribution in [0.1, 0.15) is 125 Å². The number of hydrogen-bond acceptors (Lipinski definition) is 20. The summed E-state index contributed by atoms with van der Waals surface area (Å²) in [5.74, 6) is 0.0510. The summed E-state index contributed by atoms with van der Waals surface area (Å²) in [7, 11) is -9.75. The van der Waals surface area contributed by atoms with Crippen LogP contribution in [0.15, 0.2) is 49.1 Å². The summed E-state index contributed by atoms with van der Waals surface area (Å²) in [6.07, 6.45) is -1.23. The Hall–Kier alpha value is -1.86. The average Bonchev–Trinajstić information content (AvgIpc) is 3.52. The van der Waals surface area contributed by atoms with E-state index in [-0.39, 0.29) is 61.5 Å². The lowest BCUT2D eigenvalue weighted by atomic mass is 9.73. The van der Waals surface area contributed by atoms with E-state index in [1.165, 1.54) is 13.0 Å². The zero-order valence-corrected chi connectivity index (χ0v) is 47.6. The van der Waals surface area contributed by atoms with E-state index in [1.807, 2.05) is 6.92 Å². The Labute approximate surface area is 463 Å². The maximum Gasteiger partial charge on any atom is 0.397 e. The van der Waals surface area contributed by atoms with Crippen LogP contribution in [-0.2, 0) is 81.3 Å². The van der Waals surface area contributed by atoms with Crippen molar-refractivity contribution < 1.29 is 102 Å². The van der Waals surface area contributed by atoms with Gasteiger partial charge < -0.3 is 67.4 Å². The van der Waals surface area contributed by atoms with Crippen LogP contribution in [0, 0.1) is 5.92 Å². The summed E-state index contributed by atoms with van der Waals surface area (Å²) in [5, 5.41) is 34.1. The van der Waals surface area contributed by atoms with Gasteiger partial charge >= 0.3 is 20.8 Å². The molecule has 22 nitrogen and oxygen atoms in total. The molecule has 11 aliphatic heterocycles. The molecule has 446 valence electrons. The highest BCUT2D eigenvalue weighted by Crippen LogP contribution is 2.54. The molecule has 0 aromatic heterocycles. The number of aliphatic hydroxyl groups is 3. The van der Waals surface area contributed by atoms with Crippen molar-refractivity contribution in [2.24, 2.45) is 5.92 Å². The minimum absolute atomic E-state index is 0.00274. The normalized spacial score (nSPS) is 50.9. The van der Waals surface area contributed by atoms with E-state index in [0.29, 0.717) is 75.4 Å². The van der Waals surface area contributed by atoms with Crippen LogP contribution in [0.25, 0.3) is 0 Å². The van der Waals surface area contributed by atoms with Crippen LogP contribution in [-0.4, -0.2) is 204 Å². The standard InChI is InChI=1S/C55H82O22S2/c1-10-30(56)27(2)11-14-51(5,58)50-29(4)19-39-38(72-50)25-46-55(9,75-39)49(57)48-42(71-46)23-41-47(73-48)28(3)12-15-53(7)44(70-41)26-43-54(8,77-53)16-13-31-32(69-43)20-34-33(66-31)21-35-36(67-34)22-40-37(68-35)24-45(76-79(62,63)64)52(6,74-40)17-18-65-78(59,60)61/h10-11,14,28,30-50,56-58H,1-2,4,12-13,15-26H2,3,5-9H3,(H,59,60,61)(H,62,63,64)/b14-11-/t28-,30-,31+,32+,33-,34-,35+,36+,37-,38+,39+,40-,41+,42-,43-,44+,45+,46-,47+,48-,49-,50-,51-,52+,53-,54-,55-/m0/s1. The molecule has 0 aromatic rings. The minimum Gasteiger partial charge on any atom is -0.387 e. The van der Waals surface area contributed by atoms with E-state index >= 15 is 0 Å². The lowest BCUT2D eigenvalue weighted by Crippen LogP contribution is -2.74. The molecule has 0 spiro atoms. The van der Waals surface area contributed by atoms with Gasteiger partial charge in [0.05, 0.1) is 127 Å². The Morgan fingerprint density at radius 1 is 0.709 bits per heavy atom. The quantitative estimate of drug-likeness (QED) is 0.111. The van der Waals surface area contributed by atoms with E-state index in [2.05, 4.69) is 44.7 Å². The monoisotopic (exact) mass is 1160 g/mol. The van der Waals surface area contributed by atoms with Crippen LogP contribution >= 0.6 is 0 Å². The molecule has 11 rings (SSSR count). The number of aliphatic hydroxyl groups excluding tert-OH is 2. The topological polar surface area (TPSA) is 289 Å². The first-order valence-electron chi connectivity index (χ1n) is 28.3. The van der Waals surface area contributed by atoms with Gasteiger partial charge in [-0.05, 0) is 83.8 Å². The van der Waals surface area contributed by atoms with Gasteiger partial charge in [-0.3, -0.25) is 9.11 Å². The Balaban J connectivity index is 0.748. The molecular formula is C55H82O22S2. The van der Waals surface area contributed by atoms with Gasteiger partial charge in [0.2, 0.25) is 0 Å². The molecule has 11 heterocycles. The van der Waals surface area contributed by atoms with Crippen molar-refractivity contribution in [3.8, 4) is 0 Å². The van der Waals surface area contributed by atoms with E-state index in [0.717, 1.165) is 6.42 Å². The van der Waals surface area contributed by atoms with Gasteiger partial charge in [-0.15, -0.1) is 6.58 Å². The summed E-state index contributed by atoms with van der Waals surface area (Å²) in [6, 6.07) is 0. The fourth-order valence-corrected chi connectivity index (χ4v) is 16.1. The predicted molar refractivity (Wildman–Crippen MR) is 277 cm³/mol. The van der Waals surface area contributed by atoms with E-state index < -0.39 is 141 Å². The van der Waals surface area contributed by atoms with Crippen LogP contribution < -0.4 is 0 Å². The van der Waals surface area contributed by atoms with E-state index in [4.69, 9.17) is 60.8 Å². The van der Waals surface area contributed by atoms with Crippen molar-refractivity contribution in [1.29, 1.82) is 0 Å².